The predicted molar refractivity (Wildman–Crippen MR) is 111 cm³/mol. The van der Waals surface area contributed by atoms with Crippen molar-refractivity contribution >= 4 is 29.0 Å². The molecule has 0 amide bonds. The number of hydrogen-bond acceptors (Lipinski definition) is 4. The highest BCUT2D eigenvalue weighted by Gasteiger charge is 2.21. The third kappa shape index (κ3) is 4.05. The molecule has 1 heterocycles. The molecule has 0 bridgehead atoms. The first-order valence-corrected chi connectivity index (χ1v) is 9.68. The highest BCUT2D eigenvalue weighted by Crippen LogP contribution is 2.31. The summed E-state index contributed by atoms with van der Waals surface area (Å²) in [6.07, 6.45) is 0. The Morgan fingerprint density at radius 1 is 1.18 bits per heavy atom. The van der Waals surface area contributed by atoms with Crippen molar-refractivity contribution in [2.75, 3.05) is 0 Å². The number of aryl methyl sites for hydroxylation is 1. The van der Waals surface area contributed by atoms with Gasteiger partial charge in [0.25, 0.3) is 0 Å². The molecule has 3 aromatic rings. The lowest BCUT2D eigenvalue weighted by Crippen LogP contribution is -2.09. The van der Waals surface area contributed by atoms with Crippen LogP contribution >= 0.6 is 23.2 Å². The quantitative estimate of drug-likeness (QED) is 0.476. The minimum atomic E-state index is 0.0294. The average molecular weight is 418 g/mol. The van der Waals surface area contributed by atoms with Crippen molar-refractivity contribution in [2.45, 2.75) is 40.2 Å². The molecule has 0 fully saturated rings. The molecule has 0 saturated heterocycles. The number of benzene rings is 2. The molecule has 0 unspecified atom stereocenters. The van der Waals surface area contributed by atoms with Crippen LogP contribution in [-0.4, -0.2) is 20.8 Å². The van der Waals surface area contributed by atoms with Crippen molar-refractivity contribution in [1.82, 2.24) is 15.0 Å². The van der Waals surface area contributed by atoms with Crippen LogP contribution in [0.3, 0.4) is 0 Å². The second-order valence-electron chi connectivity index (χ2n) is 6.88. The van der Waals surface area contributed by atoms with Gasteiger partial charge in [0.05, 0.1) is 15.7 Å². The maximum Gasteiger partial charge on any atom is 0.160 e. The minimum Gasteiger partial charge on any atom is -0.487 e. The zero-order valence-electron chi connectivity index (χ0n) is 16.2. The Morgan fingerprint density at radius 3 is 2.43 bits per heavy atom. The summed E-state index contributed by atoms with van der Waals surface area (Å²) in [7, 11) is 0. The molecule has 0 aliphatic carbocycles. The molecule has 0 atom stereocenters. The molecule has 0 N–H and O–H groups in total. The van der Waals surface area contributed by atoms with Gasteiger partial charge in [-0.1, -0.05) is 48.3 Å². The van der Waals surface area contributed by atoms with Gasteiger partial charge in [0.2, 0.25) is 0 Å². The van der Waals surface area contributed by atoms with E-state index in [-0.39, 0.29) is 18.3 Å². The number of aromatic nitrogens is 3. The molecule has 146 valence electrons. The number of nitrogens with zero attached hydrogens (tertiary/aromatic N) is 3. The predicted octanol–water partition coefficient (Wildman–Crippen LogP) is 5.79. The van der Waals surface area contributed by atoms with Gasteiger partial charge in [-0.2, -0.15) is 0 Å². The van der Waals surface area contributed by atoms with Gasteiger partial charge in [-0.3, -0.25) is 4.79 Å². The molecule has 28 heavy (non-hydrogen) atoms. The topological polar surface area (TPSA) is 57.0 Å². The van der Waals surface area contributed by atoms with Crippen LogP contribution in [0.1, 0.15) is 54.0 Å². The van der Waals surface area contributed by atoms with E-state index in [0.29, 0.717) is 27.0 Å². The molecule has 0 saturated carbocycles. The Balaban J connectivity index is 1.97. The Kier molecular flexibility index (Phi) is 6.06. The van der Waals surface area contributed by atoms with Crippen molar-refractivity contribution in [3.8, 4) is 11.4 Å². The number of ether oxygens (including phenoxy) is 1. The van der Waals surface area contributed by atoms with Gasteiger partial charge in [-0.05, 0) is 55.7 Å². The molecule has 5 nitrogen and oxygen atoms in total. The summed E-state index contributed by atoms with van der Waals surface area (Å²) in [5, 5.41) is 9.55. The van der Waals surface area contributed by atoms with Crippen LogP contribution in [0, 0.1) is 6.92 Å². The maximum absolute atomic E-state index is 11.6. The SMILES string of the molecule is CC(=O)c1ccc(OCc2c(C(C)C)nnn2-c2c(Cl)cccc2Cl)cc1C. The van der Waals surface area contributed by atoms with Gasteiger partial charge in [0.15, 0.2) is 5.78 Å². The Morgan fingerprint density at radius 2 is 1.86 bits per heavy atom. The normalized spacial score (nSPS) is 11.1. The first kappa shape index (κ1) is 20.4. The van der Waals surface area contributed by atoms with E-state index in [4.69, 9.17) is 27.9 Å². The summed E-state index contributed by atoms with van der Waals surface area (Å²) in [5.74, 6) is 0.840. The van der Waals surface area contributed by atoms with Crippen LogP contribution < -0.4 is 4.74 Å². The zero-order valence-corrected chi connectivity index (χ0v) is 17.7. The molecule has 0 spiro atoms. The molecular weight excluding hydrogens is 397 g/mol. The van der Waals surface area contributed by atoms with E-state index in [2.05, 4.69) is 10.3 Å². The molecule has 1 aromatic heterocycles. The summed E-state index contributed by atoms with van der Waals surface area (Å²) in [5.41, 5.74) is 3.72. The summed E-state index contributed by atoms with van der Waals surface area (Å²) >= 11 is 12.7. The molecule has 0 aliphatic heterocycles. The lowest BCUT2D eigenvalue weighted by molar-refractivity contribution is 0.101. The molecule has 2 aromatic carbocycles. The van der Waals surface area contributed by atoms with Gasteiger partial charge in [-0.25, -0.2) is 4.68 Å². The number of carbonyl (C=O) groups excluding carboxylic acids is 1. The Hall–Kier alpha value is -2.37. The van der Waals surface area contributed by atoms with Gasteiger partial charge >= 0.3 is 0 Å². The first-order valence-electron chi connectivity index (χ1n) is 8.92. The minimum absolute atomic E-state index is 0.0294. The van der Waals surface area contributed by atoms with Gasteiger partial charge < -0.3 is 4.74 Å². The summed E-state index contributed by atoms with van der Waals surface area (Å²) in [6, 6.07) is 10.7. The van der Waals surface area contributed by atoms with Gasteiger partial charge in [-0.15, -0.1) is 5.10 Å². The van der Waals surface area contributed by atoms with E-state index in [1.54, 1.807) is 41.9 Å². The molecule has 7 heteroatoms. The highest BCUT2D eigenvalue weighted by atomic mass is 35.5. The van der Waals surface area contributed by atoms with Crippen LogP contribution in [0.15, 0.2) is 36.4 Å². The summed E-state index contributed by atoms with van der Waals surface area (Å²) in [4.78, 5) is 11.6. The molecule has 0 aliphatic rings. The first-order chi connectivity index (χ1) is 13.3. The number of para-hydroxylation sites is 1. The van der Waals surface area contributed by atoms with Crippen molar-refractivity contribution in [3.63, 3.8) is 0 Å². The number of Topliss-reactive ketones (excluding diaryl/α,β-unsaturated/α-hetero) is 1. The second-order valence-corrected chi connectivity index (χ2v) is 7.69. The summed E-state index contributed by atoms with van der Waals surface area (Å²) < 4.78 is 7.64. The van der Waals surface area contributed by atoms with E-state index in [1.807, 2.05) is 26.8 Å². The second kappa shape index (κ2) is 8.33. The van der Waals surface area contributed by atoms with Crippen LogP contribution in [0.25, 0.3) is 5.69 Å². The van der Waals surface area contributed by atoms with E-state index in [0.717, 1.165) is 17.0 Å². The molecular formula is C21H21Cl2N3O2. The molecule has 0 radical (unpaired) electrons. The van der Waals surface area contributed by atoms with Crippen molar-refractivity contribution in [3.05, 3.63) is 69.0 Å². The number of ketones is 1. The number of carbonyl (C=O) groups is 1. The monoisotopic (exact) mass is 417 g/mol. The van der Waals surface area contributed by atoms with Crippen LogP contribution in [0.4, 0.5) is 0 Å². The fourth-order valence-corrected chi connectivity index (χ4v) is 3.60. The standard InChI is InChI=1S/C21H21Cl2N3O2/c1-12(2)20-19(11-28-15-8-9-16(14(4)27)13(3)10-15)26(25-24-20)21-17(22)6-5-7-18(21)23/h5-10,12H,11H2,1-4H3. The fourth-order valence-electron chi connectivity index (χ4n) is 3.04. The summed E-state index contributed by atoms with van der Waals surface area (Å²) in [6.45, 7) is 7.75. The number of halogens is 2. The van der Waals surface area contributed by atoms with Crippen molar-refractivity contribution in [1.29, 1.82) is 0 Å². The smallest absolute Gasteiger partial charge is 0.160 e. The van der Waals surface area contributed by atoms with E-state index < -0.39 is 0 Å². The largest absolute Gasteiger partial charge is 0.487 e. The van der Waals surface area contributed by atoms with Crippen LogP contribution in [0.5, 0.6) is 5.75 Å². The average Bonchev–Trinajstić information content (AvgIpc) is 3.03. The number of rotatable bonds is 6. The third-order valence-electron chi connectivity index (χ3n) is 4.44. The van der Waals surface area contributed by atoms with E-state index in [1.165, 1.54) is 0 Å². The van der Waals surface area contributed by atoms with Crippen LogP contribution in [0.2, 0.25) is 10.0 Å². The lowest BCUT2D eigenvalue weighted by atomic mass is 10.1. The Bertz CT molecular complexity index is 1010. The van der Waals surface area contributed by atoms with Gasteiger partial charge in [0.1, 0.15) is 23.7 Å². The lowest BCUT2D eigenvalue weighted by Gasteiger charge is -2.14. The van der Waals surface area contributed by atoms with E-state index in [9.17, 15) is 4.79 Å². The van der Waals surface area contributed by atoms with Crippen molar-refractivity contribution in [2.24, 2.45) is 0 Å². The zero-order chi connectivity index (χ0) is 20.4. The van der Waals surface area contributed by atoms with Gasteiger partial charge in [0, 0.05) is 5.56 Å². The number of hydrogen-bond donors (Lipinski definition) is 0. The van der Waals surface area contributed by atoms with E-state index >= 15 is 0 Å². The third-order valence-corrected chi connectivity index (χ3v) is 5.05. The maximum atomic E-state index is 11.6. The molecule has 3 rings (SSSR count). The highest BCUT2D eigenvalue weighted by molar-refractivity contribution is 6.37. The Labute approximate surface area is 174 Å². The fraction of sp³-hybridized carbons (Fsp3) is 0.286. The van der Waals surface area contributed by atoms with Crippen molar-refractivity contribution < 1.29 is 9.53 Å². The van der Waals surface area contributed by atoms with Crippen LogP contribution in [-0.2, 0) is 6.61 Å².